The van der Waals surface area contributed by atoms with Gasteiger partial charge in [0.05, 0.1) is 11.0 Å². The number of carboxylic acid groups (broad SMARTS) is 1. The lowest BCUT2D eigenvalue weighted by Crippen LogP contribution is -2.46. The number of carboxylic acids is 1. The third kappa shape index (κ3) is 3.82. The highest BCUT2D eigenvalue weighted by atomic mass is 16.7. The molecule has 4 heteroatoms. The summed E-state index contributed by atoms with van der Waals surface area (Å²) in [4.78, 5) is 17.1. The summed E-state index contributed by atoms with van der Waals surface area (Å²) >= 11 is 0. The molecule has 0 amide bonds. The third-order valence-corrected chi connectivity index (χ3v) is 3.07. The van der Waals surface area contributed by atoms with Crippen molar-refractivity contribution in [3.05, 3.63) is 12.7 Å². The van der Waals surface area contributed by atoms with Crippen molar-refractivity contribution < 1.29 is 14.7 Å². The van der Waals surface area contributed by atoms with Gasteiger partial charge in [-0.05, 0) is 40.0 Å². The van der Waals surface area contributed by atoms with Gasteiger partial charge in [-0.15, -0.1) is 6.58 Å². The van der Waals surface area contributed by atoms with Gasteiger partial charge in [-0.1, -0.05) is 6.08 Å². The van der Waals surface area contributed by atoms with E-state index in [1.807, 2.05) is 25.8 Å². The van der Waals surface area contributed by atoms with Gasteiger partial charge in [-0.2, -0.15) is 5.06 Å². The van der Waals surface area contributed by atoms with Crippen molar-refractivity contribution in [2.75, 3.05) is 13.1 Å². The van der Waals surface area contributed by atoms with E-state index in [9.17, 15) is 9.90 Å². The number of hydrogen-bond donors (Lipinski definition) is 1. The van der Waals surface area contributed by atoms with Gasteiger partial charge in [0, 0.05) is 13.1 Å². The molecule has 1 fully saturated rings. The minimum atomic E-state index is -0.715. The SMILES string of the molecule is C=CCC1(C(=O)O)CCN(OC(C)(C)C)CC1. The third-order valence-electron chi connectivity index (χ3n) is 3.07. The van der Waals surface area contributed by atoms with Crippen LogP contribution in [0.4, 0.5) is 0 Å². The van der Waals surface area contributed by atoms with Gasteiger partial charge >= 0.3 is 5.97 Å². The van der Waals surface area contributed by atoms with E-state index >= 15 is 0 Å². The van der Waals surface area contributed by atoms with Crippen molar-refractivity contribution in [1.82, 2.24) is 5.06 Å². The second-order valence-electron chi connectivity index (χ2n) is 5.71. The number of nitrogens with zero attached hydrogens (tertiary/aromatic N) is 1. The molecule has 1 rings (SSSR count). The van der Waals surface area contributed by atoms with Gasteiger partial charge in [0.2, 0.25) is 0 Å². The normalized spacial score (nSPS) is 21.1. The highest BCUT2D eigenvalue weighted by molar-refractivity contribution is 5.75. The lowest BCUT2D eigenvalue weighted by atomic mass is 9.76. The molecule has 4 nitrogen and oxygen atoms in total. The van der Waals surface area contributed by atoms with Crippen LogP contribution in [0.25, 0.3) is 0 Å². The van der Waals surface area contributed by atoms with Crippen molar-refractivity contribution in [2.45, 2.75) is 45.6 Å². The summed E-state index contributed by atoms with van der Waals surface area (Å²) in [6.45, 7) is 11.0. The predicted octanol–water partition coefficient (Wildman–Crippen LogP) is 2.46. The fraction of sp³-hybridized carbons (Fsp3) is 0.769. The smallest absolute Gasteiger partial charge is 0.310 e. The quantitative estimate of drug-likeness (QED) is 0.768. The van der Waals surface area contributed by atoms with Crippen LogP contribution in [0.3, 0.4) is 0 Å². The predicted molar refractivity (Wildman–Crippen MR) is 66.5 cm³/mol. The van der Waals surface area contributed by atoms with Gasteiger partial charge in [0.25, 0.3) is 0 Å². The van der Waals surface area contributed by atoms with Gasteiger partial charge in [0.1, 0.15) is 0 Å². The largest absolute Gasteiger partial charge is 0.481 e. The van der Waals surface area contributed by atoms with E-state index in [1.165, 1.54) is 0 Å². The van der Waals surface area contributed by atoms with Crippen LogP contribution < -0.4 is 0 Å². The van der Waals surface area contributed by atoms with Crippen molar-refractivity contribution in [3.8, 4) is 0 Å². The maximum atomic E-state index is 11.4. The lowest BCUT2D eigenvalue weighted by molar-refractivity contribution is -0.244. The lowest BCUT2D eigenvalue weighted by Gasteiger charge is -2.40. The molecule has 0 radical (unpaired) electrons. The molecule has 0 aromatic heterocycles. The van der Waals surface area contributed by atoms with Gasteiger partial charge < -0.3 is 5.11 Å². The molecule has 1 aliphatic rings. The van der Waals surface area contributed by atoms with Gasteiger partial charge in [0.15, 0.2) is 0 Å². The standard InChI is InChI=1S/C13H23NO3/c1-5-6-13(11(15)16)7-9-14(10-8-13)17-12(2,3)4/h5H,1,6-10H2,2-4H3,(H,15,16). The van der Waals surface area contributed by atoms with Crippen LogP contribution in [0.2, 0.25) is 0 Å². The van der Waals surface area contributed by atoms with Crippen LogP contribution in [0.5, 0.6) is 0 Å². The van der Waals surface area contributed by atoms with Gasteiger partial charge in [-0.3, -0.25) is 9.63 Å². The Morgan fingerprint density at radius 2 is 2.00 bits per heavy atom. The van der Waals surface area contributed by atoms with E-state index in [4.69, 9.17) is 4.84 Å². The van der Waals surface area contributed by atoms with Crippen LogP contribution in [-0.2, 0) is 9.63 Å². The fourth-order valence-electron chi connectivity index (χ4n) is 2.17. The molecule has 0 aliphatic carbocycles. The number of hydrogen-bond acceptors (Lipinski definition) is 3. The summed E-state index contributed by atoms with van der Waals surface area (Å²) in [7, 11) is 0. The Bertz CT molecular complexity index is 286. The molecule has 0 aromatic carbocycles. The van der Waals surface area contributed by atoms with Crippen molar-refractivity contribution in [3.63, 3.8) is 0 Å². The van der Waals surface area contributed by atoms with E-state index in [1.54, 1.807) is 6.08 Å². The molecule has 0 spiro atoms. The van der Waals surface area contributed by atoms with E-state index in [0.29, 0.717) is 32.4 Å². The molecule has 0 bridgehead atoms. The fourth-order valence-corrected chi connectivity index (χ4v) is 2.17. The number of piperidine rings is 1. The average molecular weight is 241 g/mol. The van der Waals surface area contributed by atoms with Crippen LogP contribution in [0, 0.1) is 5.41 Å². The summed E-state index contributed by atoms with van der Waals surface area (Å²) in [6, 6.07) is 0. The van der Waals surface area contributed by atoms with Crippen LogP contribution in [0.15, 0.2) is 12.7 Å². The Labute approximate surface area is 103 Å². The van der Waals surface area contributed by atoms with E-state index < -0.39 is 11.4 Å². The summed E-state index contributed by atoms with van der Waals surface area (Å²) in [5.41, 5.74) is -0.860. The number of hydroxylamine groups is 2. The van der Waals surface area contributed by atoms with Gasteiger partial charge in [-0.25, -0.2) is 0 Å². The molecule has 0 saturated carbocycles. The Morgan fingerprint density at radius 3 is 2.35 bits per heavy atom. The first-order chi connectivity index (χ1) is 7.79. The molecular weight excluding hydrogens is 218 g/mol. The molecule has 1 N–H and O–H groups in total. The minimum Gasteiger partial charge on any atom is -0.481 e. The van der Waals surface area contributed by atoms with Crippen LogP contribution in [-0.4, -0.2) is 34.8 Å². The summed E-state index contributed by atoms with van der Waals surface area (Å²) in [5.74, 6) is -0.715. The topological polar surface area (TPSA) is 49.8 Å². The first-order valence-corrected chi connectivity index (χ1v) is 6.07. The Balaban J connectivity index is 2.59. The molecule has 1 aliphatic heterocycles. The molecule has 0 aromatic rings. The summed E-state index contributed by atoms with van der Waals surface area (Å²) in [5, 5.41) is 11.2. The number of rotatable bonds is 4. The molecular formula is C13H23NO3. The van der Waals surface area contributed by atoms with E-state index in [-0.39, 0.29) is 5.60 Å². The van der Waals surface area contributed by atoms with Crippen LogP contribution in [0.1, 0.15) is 40.0 Å². The molecule has 1 heterocycles. The second kappa shape index (κ2) is 5.19. The van der Waals surface area contributed by atoms with Crippen molar-refractivity contribution >= 4 is 5.97 Å². The van der Waals surface area contributed by atoms with Crippen molar-refractivity contribution in [2.24, 2.45) is 5.41 Å². The average Bonchev–Trinajstić information content (AvgIpc) is 2.19. The summed E-state index contributed by atoms with van der Waals surface area (Å²) in [6.07, 6.45) is 3.47. The minimum absolute atomic E-state index is 0.221. The molecule has 98 valence electrons. The molecule has 17 heavy (non-hydrogen) atoms. The Morgan fingerprint density at radius 1 is 1.47 bits per heavy atom. The Hall–Kier alpha value is -0.870. The molecule has 0 atom stereocenters. The first-order valence-electron chi connectivity index (χ1n) is 6.07. The monoisotopic (exact) mass is 241 g/mol. The maximum Gasteiger partial charge on any atom is 0.310 e. The zero-order chi connectivity index (χ0) is 13.1. The summed E-state index contributed by atoms with van der Waals surface area (Å²) < 4.78 is 0. The molecule has 1 saturated heterocycles. The zero-order valence-corrected chi connectivity index (χ0v) is 11.0. The zero-order valence-electron chi connectivity index (χ0n) is 11.0. The highest BCUT2D eigenvalue weighted by Gasteiger charge is 2.41. The second-order valence-corrected chi connectivity index (χ2v) is 5.71. The maximum absolute atomic E-state index is 11.4. The van der Waals surface area contributed by atoms with Crippen LogP contribution >= 0.6 is 0 Å². The highest BCUT2D eigenvalue weighted by Crippen LogP contribution is 2.36. The number of allylic oxidation sites excluding steroid dienone is 1. The molecule has 0 unspecified atom stereocenters. The first kappa shape index (κ1) is 14.2. The van der Waals surface area contributed by atoms with Crippen molar-refractivity contribution in [1.29, 1.82) is 0 Å². The number of carbonyl (C=O) groups is 1. The number of aliphatic carboxylic acids is 1. The Kier molecular flexibility index (Phi) is 4.33. The van der Waals surface area contributed by atoms with E-state index in [0.717, 1.165) is 0 Å². The van der Waals surface area contributed by atoms with E-state index in [2.05, 4.69) is 6.58 Å².